The van der Waals surface area contributed by atoms with Crippen molar-refractivity contribution in [2.75, 3.05) is 6.79 Å². The van der Waals surface area contributed by atoms with Gasteiger partial charge in [0.25, 0.3) is 0 Å². The molecule has 1 N–H and O–H groups in total. The summed E-state index contributed by atoms with van der Waals surface area (Å²) in [5, 5.41) is 9.43. The third kappa shape index (κ3) is 2.42. The Kier molecular flexibility index (Phi) is 3.48. The van der Waals surface area contributed by atoms with Crippen molar-refractivity contribution in [1.29, 1.82) is 0 Å². The molecule has 0 aromatic heterocycles. The highest BCUT2D eigenvalue weighted by Crippen LogP contribution is 2.38. The highest BCUT2D eigenvalue weighted by atomic mass is 16.7. The van der Waals surface area contributed by atoms with Crippen LogP contribution in [0.3, 0.4) is 0 Å². The summed E-state index contributed by atoms with van der Waals surface area (Å²) in [6.45, 7) is 2.62. The number of fused-ring (bicyclic) bond motifs is 1. The predicted octanol–water partition coefficient (Wildman–Crippen LogP) is 2.80. The number of aryl methyl sites for hydroxylation is 1. The van der Waals surface area contributed by atoms with Crippen LogP contribution in [0.5, 0.6) is 17.2 Å². The highest BCUT2D eigenvalue weighted by molar-refractivity contribution is 5.51. The molecule has 1 aliphatic heterocycles. The van der Waals surface area contributed by atoms with E-state index in [4.69, 9.17) is 14.2 Å². The number of hydrogen-bond acceptors (Lipinski definition) is 4. The van der Waals surface area contributed by atoms with Gasteiger partial charge < -0.3 is 19.3 Å². The first kappa shape index (κ1) is 12.8. The van der Waals surface area contributed by atoms with Crippen molar-refractivity contribution >= 4 is 0 Å². The van der Waals surface area contributed by atoms with Gasteiger partial charge in [0.2, 0.25) is 6.79 Å². The molecule has 2 aromatic carbocycles. The van der Waals surface area contributed by atoms with Crippen LogP contribution < -0.4 is 14.2 Å². The summed E-state index contributed by atoms with van der Waals surface area (Å²) >= 11 is 0. The topological polar surface area (TPSA) is 47.9 Å². The normalized spacial score (nSPS) is 12.5. The fourth-order valence-corrected chi connectivity index (χ4v) is 2.15. The third-order valence-electron chi connectivity index (χ3n) is 3.37. The molecule has 104 valence electrons. The molecule has 3 rings (SSSR count). The molecule has 4 nitrogen and oxygen atoms in total. The van der Waals surface area contributed by atoms with Crippen LogP contribution in [-0.2, 0) is 13.2 Å². The Bertz CT molecular complexity index is 622. The Balaban J connectivity index is 1.82. The summed E-state index contributed by atoms with van der Waals surface area (Å²) < 4.78 is 16.4. The number of benzene rings is 2. The smallest absolute Gasteiger partial charge is 0.231 e. The van der Waals surface area contributed by atoms with E-state index in [0.29, 0.717) is 29.4 Å². The van der Waals surface area contributed by atoms with Gasteiger partial charge in [-0.15, -0.1) is 0 Å². The lowest BCUT2D eigenvalue weighted by Gasteiger charge is -2.12. The van der Waals surface area contributed by atoms with E-state index in [1.807, 2.05) is 31.2 Å². The number of aliphatic hydroxyl groups excluding tert-OH is 1. The van der Waals surface area contributed by atoms with E-state index < -0.39 is 0 Å². The molecular weight excluding hydrogens is 256 g/mol. The van der Waals surface area contributed by atoms with Gasteiger partial charge in [0.1, 0.15) is 12.4 Å². The summed E-state index contributed by atoms with van der Waals surface area (Å²) in [7, 11) is 0. The molecule has 1 aliphatic rings. The second kappa shape index (κ2) is 5.43. The van der Waals surface area contributed by atoms with Crippen molar-refractivity contribution in [1.82, 2.24) is 0 Å². The molecule has 1 heterocycles. The highest BCUT2D eigenvalue weighted by Gasteiger charge is 2.17. The van der Waals surface area contributed by atoms with E-state index in [1.165, 1.54) is 5.56 Å². The van der Waals surface area contributed by atoms with Crippen LogP contribution in [0.25, 0.3) is 0 Å². The van der Waals surface area contributed by atoms with Gasteiger partial charge in [-0.2, -0.15) is 0 Å². The van der Waals surface area contributed by atoms with Gasteiger partial charge in [-0.3, -0.25) is 0 Å². The third-order valence-corrected chi connectivity index (χ3v) is 3.37. The maximum atomic E-state index is 9.43. The van der Waals surface area contributed by atoms with Crippen LogP contribution in [-0.4, -0.2) is 11.9 Å². The van der Waals surface area contributed by atoms with Gasteiger partial charge in [0.05, 0.1) is 6.61 Å². The summed E-state index contributed by atoms with van der Waals surface area (Å²) in [6, 6.07) is 11.6. The van der Waals surface area contributed by atoms with Crippen molar-refractivity contribution in [3.05, 3.63) is 53.1 Å². The fourth-order valence-electron chi connectivity index (χ4n) is 2.15. The molecule has 0 fully saturated rings. The first-order chi connectivity index (χ1) is 9.78. The lowest BCUT2D eigenvalue weighted by Crippen LogP contribution is -2.00. The molecule has 2 aromatic rings. The molecule has 0 bridgehead atoms. The molecule has 0 unspecified atom stereocenters. The first-order valence-electron chi connectivity index (χ1n) is 6.48. The minimum atomic E-state index is -0.0975. The van der Waals surface area contributed by atoms with Gasteiger partial charge in [-0.25, -0.2) is 0 Å². The molecule has 0 aliphatic carbocycles. The van der Waals surface area contributed by atoms with Gasteiger partial charge in [-0.1, -0.05) is 24.3 Å². The van der Waals surface area contributed by atoms with Crippen molar-refractivity contribution in [2.45, 2.75) is 20.1 Å². The van der Waals surface area contributed by atoms with Crippen LogP contribution in [0.2, 0.25) is 0 Å². The largest absolute Gasteiger partial charge is 0.488 e. The van der Waals surface area contributed by atoms with E-state index in [9.17, 15) is 5.11 Å². The summed E-state index contributed by atoms with van der Waals surface area (Å²) in [5.41, 5.74) is 3.00. The number of hydrogen-bond donors (Lipinski definition) is 1. The summed E-state index contributed by atoms with van der Waals surface area (Å²) in [6.07, 6.45) is 0. The van der Waals surface area contributed by atoms with E-state index >= 15 is 0 Å². The molecule has 0 atom stereocenters. The van der Waals surface area contributed by atoms with Crippen LogP contribution >= 0.6 is 0 Å². The lowest BCUT2D eigenvalue weighted by molar-refractivity contribution is 0.173. The minimum absolute atomic E-state index is 0.0975. The van der Waals surface area contributed by atoms with Gasteiger partial charge >= 0.3 is 0 Å². The van der Waals surface area contributed by atoms with E-state index in [0.717, 1.165) is 5.56 Å². The van der Waals surface area contributed by atoms with Crippen molar-refractivity contribution in [3.63, 3.8) is 0 Å². The first-order valence-corrected chi connectivity index (χ1v) is 6.48. The number of ether oxygens (including phenoxy) is 3. The quantitative estimate of drug-likeness (QED) is 0.929. The Labute approximate surface area is 117 Å². The van der Waals surface area contributed by atoms with E-state index in [1.54, 1.807) is 12.1 Å². The predicted molar refractivity (Wildman–Crippen MR) is 74.0 cm³/mol. The van der Waals surface area contributed by atoms with Crippen LogP contribution in [0.4, 0.5) is 0 Å². The Morgan fingerprint density at radius 3 is 2.60 bits per heavy atom. The fraction of sp³-hybridized carbons (Fsp3) is 0.250. The minimum Gasteiger partial charge on any atom is -0.488 e. The zero-order chi connectivity index (χ0) is 13.9. The van der Waals surface area contributed by atoms with Crippen molar-refractivity contribution < 1.29 is 19.3 Å². The Hall–Kier alpha value is -2.20. The van der Waals surface area contributed by atoms with Crippen LogP contribution in [0.15, 0.2) is 36.4 Å². The zero-order valence-electron chi connectivity index (χ0n) is 11.3. The SMILES string of the molecule is Cc1ccccc1COc1cc2c(cc1CO)OCO2. The van der Waals surface area contributed by atoms with Gasteiger partial charge in [0, 0.05) is 11.6 Å². The molecular formula is C16H16O4. The second-order valence-corrected chi connectivity index (χ2v) is 4.69. The lowest BCUT2D eigenvalue weighted by atomic mass is 10.1. The van der Waals surface area contributed by atoms with Crippen LogP contribution in [0.1, 0.15) is 16.7 Å². The standard InChI is InChI=1S/C16H16O4/c1-11-4-2-3-5-12(11)9-18-14-7-16-15(19-10-20-16)6-13(14)8-17/h2-7,17H,8-10H2,1H3. The second-order valence-electron chi connectivity index (χ2n) is 4.69. The molecule has 20 heavy (non-hydrogen) atoms. The molecule has 0 radical (unpaired) electrons. The molecule has 0 amide bonds. The maximum absolute atomic E-state index is 9.43. The van der Waals surface area contributed by atoms with Crippen molar-refractivity contribution in [2.24, 2.45) is 0 Å². The Morgan fingerprint density at radius 2 is 1.85 bits per heavy atom. The van der Waals surface area contributed by atoms with E-state index in [2.05, 4.69) is 0 Å². The zero-order valence-corrected chi connectivity index (χ0v) is 11.3. The van der Waals surface area contributed by atoms with Gasteiger partial charge in [0.15, 0.2) is 11.5 Å². The average Bonchev–Trinajstić information content (AvgIpc) is 2.92. The monoisotopic (exact) mass is 272 g/mol. The molecule has 4 heteroatoms. The summed E-state index contributed by atoms with van der Waals surface area (Å²) in [5.74, 6) is 1.93. The average molecular weight is 272 g/mol. The van der Waals surface area contributed by atoms with Crippen molar-refractivity contribution in [3.8, 4) is 17.2 Å². The molecule has 0 saturated carbocycles. The van der Waals surface area contributed by atoms with Gasteiger partial charge in [-0.05, 0) is 24.1 Å². The van der Waals surface area contributed by atoms with E-state index in [-0.39, 0.29) is 13.4 Å². The van der Waals surface area contributed by atoms with Crippen LogP contribution in [0, 0.1) is 6.92 Å². The maximum Gasteiger partial charge on any atom is 0.231 e. The summed E-state index contributed by atoms with van der Waals surface area (Å²) in [4.78, 5) is 0. The molecule has 0 spiro atoms. The molecule has 0 saturated heterocycles. The Morgan fingerprint density at radius 1 is 1.10 bits per heavy atom. The number of aliphatic hydroxyl groups is 1. The number of rotatable bonds is 4.